The van der Waals surface area contributed by atoms with E-state index in [2.05, 4.69) is 15.1 Å². The second-order valence-corrected chi connectivity index (χ2v) is 4.38. The van der Waals surface area contributed by atoms with Gasteiger partial charge < -0.3 is 4.52 Å². The van der Waals surface area contributed by atoms with E-state index in [-0.39, 0.29) is 10.9 Å². The first kappa shape index (κ1) is 12.5. The predicted molar refractivity (Wildman–Crippen MR) is 68.7 cm³/mol. The Bertz CT molecular complexity index is 825. The molecular formula is C13H11FN4O2. The average molecular weight is 274 g/mol. The third-order valence-electron chi connectivity index (χ3n) is 2.93. The summed E-state index contributed by atoms with van der Waals surface area (Å²) in [5, 5.41) is 4.02. The molecule has 3 aromatic rings. The molecular weight excluding hydrogens is 263 g/mol. The number of hydrogen-bond donors (Lipinski definition) is 0. The lowest BCUT2D eigenvalue weighted by Gasteiger charge is -2.04. The number of rotatable bonds is 3. The van der Waals surface area contributed by atoms with E-state index in [4.69, 9.17) is 4.52 Å². The maximum atomic E-state index is 13.2. The Morgan fingerprint density at radius 2 is 2.25 bits per heavy atom. The number of nitrogens with zero attached hydrogens (tertiary/aromatic N) is 4. The van der Waals surface area contributed by atoms with Gasteiger partial charge in [-0.25, -0.2) is 9.37 Å². The number of aryl methyl sites for hydroxylation is 3. The lowest BCUT2D eigenvalue weighted by molar-refractivity contribution is 0.386. The molecule has 20 heavy (non-hydrogen) atoms. The highest BCUT2D eigenvalue weighted by Gasteiger charge is 2.07. The molecule has 0 aliphatic carbocycles. The summed E-state index contributed by atoms with van der Waals surface area (Å²) in [6.07, 6.45) is 1.88. The summed E-state index contributed by atoms with van der Waals surface area (Å²) in [4.78, 5) is 20.4. The van der Waals surface area contributed by atoms with Crippen molar-refractivity contribution in [2.24, 2.45) is 0 Å². The van der Waals surface area contributed by atoms with Crippen LogP contribution in [0.3, 0.4) is 0 Å². The van der Waals surface area contributed by atoms with Gasteiger partial charge >= 0.3 is 0 Å². The van der Waals surface area contributed by atoms with Gasteiger partial charge in [0.1, 0.15) is 5.82 Å². The van der Waals surface area contributed by atoms with Crippen molar-refractivity contribution in [3.8, 4) is 0 Å². The molecule has 2 heterocycles. The van der Waals surface area contributed by atoms with E-state index in [1.165, 1.54) is 29.1 Å². The Morgan fingerprint density at radius 1 is 1.40 bits per heavy atom. The molecule has 0 saturated carbocycles. The van der Waals surface area contributed by atoms with Gasteiger partial charge in [-0.2, -0.15) is 4.98 Å². The van der Waals surface area contributed by atoms with Crippen LogP contribution >= 0.6 is 0 Å². The molecule has 6 nitrogen and oxygen atoms in total. The van der Waals surface area contributed by atoms with E-state index in [0.29, 0.717) is 30.2 Å². The van der Waals surface area contributed by atoms with Gasteiger partial charge in [0.2, 0.25) is 5.89 Å². The lowest BCUT2D eigenvalue weighted by atomic mass is 10.2. The van der Waals surface area contributed by atoms with Crippen molar-refractivity contribution in [2.45, 2.75) is 19.9 Å². The highest BCUT2D eigenvalue weighted by Crippen LogP contribution is 2.08. The quantitative estimate of drug-likeness (QED) is 0.723. The molecule has 0 atom stereocenters. The number of halogens is 1. The second-order valence-electron chi connectivity index (χ2n) is 4.38. The summed E-state index contributed by atoms with van der Waals surface area (Å²) in [6.45, 7) is 2.06. The summed E-state index contributed by atoms with van der Waals surface area (Å²) in [6, 6.07) is 3.96. The molecule has 3 rings (SSSR count). The van der Waals surface area contributed by atoms with Crippen LogP contribution in [0.1, 0.15) is 11.7 Å². The number of aromatic nitrogens is 4. The fraction of sp³-hybridized carbons (Fsp3) is 0.231. The lowest BCUT2D eigenvalue weighted by Crippen LogP contribution is -2.22. The molecule has 2 aromatic heterocycles. The first-order chi connectivity index (χ1) is 9.63. The van der Waals surface area contributed by atoms with Gasteiger partial charge in [-0.15, -0.1) is 0 Å². The van der Waals surface area contributed by atoms with Crippen molar-refractivity contribution in [2.75, 3.05) is 0 Å². The van der Waals surface area contributed by atoms with Crippen molar-refractivity contribution >= 4 is 10.9 Å². The zero-order chi connectivity index (χ0) is 14.1. The molecule has 0 unspecified atom stereocenters. The van der Waals surface area contributed by atoms with Gasteiger partial charge in [0.25, 0.3) is 5.56 Å². The van der Waals surface area contributed by atoms with Crippen molar-refractivity contribution in [1.82, 2.24) is 19.7 Å². The minimum atomic E-state index is -0.456. The fourth-order valence-electron chi connectivity index (χ4n) is 1.95. The summed E-state index contributed by atoms with van der Waals surface area (Å²) in [7, 11) is 0. The van der Waals surface area contributed by atoms with Crippen LogP contribution in [-0.2, 0) is 13.0 Å². The van der Waals surface area contributed by atoms with Crippen molar-refractivity contribution in [1.29, 1.82) is 0 Å². The molecule has 0 N–H and O–H groups in total. The largest absolute Gasteiger partial charge is 0.340 e. The van der Waals surface area contributed by atoms with Gasteiger partial charge in [-0.3, -0.25) is 9.36 Å². The van der Waals surface area contributed by atoms with Crippen LogP contribution < -0.4 is 5.56 Å². The summed E-state index contributed by atoms with van der Waals surface area (Å²) < 4.78 is 19.5. The molecule has 0 fully saturated rings. The average Bonchev–Trinajstić information content (AvgIpc) is 2.84. The van der Waals surface area contributed by atoms with Crippen LogP contribution in [0.4, 0.5) is 4.39 Å². The van der Waals surface area contributed by atoms with E-state index in [1.807, 2.05) is 0 Å². The van der Waals surface area contributed by atoms with Crippen LogP contribution in [0.15, 0.2) is 33.8 Å². The molecule has 0 bridgehead atoms. The highest BCUT2D eigenvalue weighted by molar-refractivity contribution is 5.77. The van der Waals surface area contributed by atoms with Crippen LogP contribution in [0, 0.1) is 12.7 Å². The number of hydrogen-bond acceptors (Lipinski definition) is 5. The van der Waals surface area contributed by atoms with Crippen molar-refractivity contribution in [3.05, 3.63) is 52.4 Å². The number of benzene rings is 1. The van der Waals surface area contributed by atoms with Crippen molar-refractivity contribution in [3.63, 3.8) is 0 Å². The predicted octanol–water partition coefficient (Wildman–Crippen LogP) is 1.47. The van der Waals surface area contributed by atoms with Gasteiger partial charge in [0.15, 0.2) is 5.82 Å². The first-order valence-corrected chi connectivity index (χ1v) is 6.07. The SMILES string of the molecule is Cc1nc(CCn2cnc3ccc(F)cc3c2=O)no1. The molecule has 102 valence electrons. The Morgan fingerprint density at radius 3 is 3.00 bits per heavy atom. The van der Waals surface area contributed by atoms with E-state index < -0.39 is 5.82 Å². The van der Waals surface area contributed by atoms with Crippen LogP contribution in [0.25, 0.3) is 10.9 Å². The van der Waals surface area contributed by atoms with E-state index in [1.54, 1.807) is 6.92 Å². The molecule has 0 radical (unpaired) electrons. The number of fused-ring (bicyclic) bond motifs is 1. The van der Waals surface area contributed by atoms with Gasteiger partial charge in [0.05, 0.1) is 17.2 Å². The maximum absolute atomic E-state index is 13.2. The minimum Gasteiger partial charge on any atom is -0.340 e. The molecule has 1 aromatic carbocycles. The Balaban J connectivity index is 1.92. The van der Waals surface area contributed by atoms with Crippen LogP contribution in [0.5, 0.6) is 0 Å². The van der Waals surface area contributed by atoms with E-state index in [0.717, 1.165) is 0 Å². The molecule has 0 saturated heterocycles. The molecule has 0 amide bonds. The third-order valence-corrected chi connectivity index (χ3v) is 2.93. The van der Waals surface area contributed by atoms with Crippen LogP contribution in [0.2, 0.25) is 0 Å². The second kappa shape index (κ2) is 4.84. The van der Waals surface area contributed by atoms with E-state index in [9.17, 15) is 9.18 Å². The van der Waals surface area contributed by atoms with Gasteiger partial charge in [0, 0.05) is 19.9 Å². The van der Waals surface area contributed by atoms with Crippen LogP contribution in [-0.4, -0.2) is 19.7 Å². The molecule has 0 spiro atoms. The zero-order valence-corrected chi connectivity index (χ0v) is 10.7. The summed E-state index contributed by atoms with van der Waals surface area (Å²) in [5.41, 5.74) is 0.192. The van der Waals surface area contributed by atoms with E-state index >= 15 is 0 Å². The normalized spacial score (nSPS) is 11.1. The summed E-state index contributed by atoms with van der Waals surface area (Å²) >= 11 is 0. The monoisotopic (exact) mass is 274 g/mol. The molecule has 0 aliphatic heterocycles. The first-order valence-electron chi connectivity index (χ1n) is 6.07. The highest BCUT2D eigenvalue weighted by atomic mass is 19.1. The minimum absolute atomic E-state index is 0.261. The third kappa shape index (κ3) is 2.29. The Labute approximate surface area is 112 Å². The van der Waals surface area contributed by atoms with Gasteiger partial charge in [-0.1, -0.05) is 5.16 Å². The van der Waals surface area contributed by atoms with Gasteiger partial charge in [-0.05, 0) is 18.2 Å². The molecule has 7 heteroatoms. The summed E-state index contributed by atoms with van der Waals surface area (Å²) in [5.74, 6) is 0.544. The standard InChI is InChI=1S/C13H11FN4O2/c1-8-16-12(17-20-8)4-5-18-7-15-11-3-2-9(14)6-10(11)13(18)19/h2-3,6-7H,4-5H2,1H3. The fourth-order valence-corrected chi connectivity index (χ4v) is 1.95. The van der Waals surface area contributed by atoms with Crippen molar-refractivity contribution < 1.29 is 8.91 Å². The Kier molecular flexibility index (Phi) is 3.02. The topological polar surface area (TPSA) is 73.8 Å². The Hall–Kier alpha value is -2.57. The zero-order valence-electron chi connectivity index (χ0n) is 10.7. The smallest absolute Gasteiger partial charge is 0.261 e. The maximum Gasteiger partial charge on any atom is 0.261 e. The molecule has 0 aliphatic rings.